The first-order valence-electron chi connectivity index (χ1n) is 11.3. The first kappa shape index (κ1) is 28.7. The molecule has 0 radical (unpaired) electrons. The van der Waals surface area contributed by atoms with Gasteiger partial charge in [0.05, 0.1) is 0 Å². The van der Waals surface area contributed by atoms with Crippen molar-refractivity contribution in [2.24, 2.45) is 0 Å². The number of nitrogens with one attached hydrogen (secondary N) is 3. The van der Waals surface area contributed by atoms with Crippen molar-refractivity contribution >= 4 is 9.05 Å². The van der Waals surface area contributed by atoms with E-state index in [0.717, 1.165) is 74.9 Å². The molecule has 0 saturated heterocycles. The summed E-state index contributed by atoms with van der Waals surface area (Å²) in [6.07, 6.45) is 16.0. The topological polar surface area (TPSA) is 73.0 Å². The zero-order chi connectivity index (χ0) is 22.7. The van der Waals surface area contributed by atoms with Crippen LogP contribution < -0.4 is 16.4 Å². The van der Waals surface area contributed by atoms with Crippen LogP contribution in [0.25, 0.3) is 0 Å². The van der Waals surface area contributed by atoms with E-state index in [1.165, 1.54) is 7.11 Å². The smallest absolute Gasteiger partial charge is 0.351 e. The summed E-state index contributed by atoms with van der Waals surface area (Å²) in [5.41, 5.74) is 11.4. The molecule has 0 rings (SSSR count). The molecule has 0 saturated carbocycles. The maximum Gasteiger partial charge on any atom is 0.746 e. The van der Waals surface area contributed by atoms with Gasteiger partial charge in [-0.3, -0.25) is 16.4 Å². The lowest BCUT2D eigenvalue weighted by Crippen LogP contribution is -2.56. The molecular weight excluding hydrogens is 398 g/mol. The van der Waals surface area contributed by atoms with E-state index in [9.17, 15) is 0 Å². The Morgan fingerprint density at radius 1 is 0.633 bits per heavy atom. The van der Waals surface area contributed by atoms with Gasteiger partial charge in [-0.1, -0.05) is 77.5 Å². The van der Waals surface area contributed by atoms with Crippen molar-refractivity contribution in [1.82, 2.24) is 16.4 Å². The van der Waals surface area contributed by atoms with Crippen molar-refractivity contribution in [2.75, 3.05) is 7.11 Å². The molecule has 7 nitrogen and oxygen atoms in total. The molecule has 0 unspecified atom stereocenters. The Labute approximate surface area is 185 Å². The number of hydrogen-bond donors (Lipinski definition) is 3. The summed E-state index contributed by atoms with van der Waals surface area (Å²) in [5.74, 6) is 0. The van der Waals surface area contributed by atoms with E-state index < -0.39 is 9.05 Å². The lowest BCUT2D eigenvalue weighted by Gasteiger charge is -2.27. The largest absolute Gasteiger partial charge is 0.746 e. The quantitative estimate of drug-likeness (QED) is 0.130. The summed E-state index contributed by atoms with van der Waals surface area (Å²) >= 11 is 0. The molecule has 0 fully saturated rings. The fraction of sp³-hybridized carbons (Fsp3) is 0.727. The molecule has 0 aliphatic carbocycles. The van der Waals surface area contributed by atoms with Crippen molar-refractivity contribution in [3.8, 4) is 0 Å². The third-order valence-electron chi connectivity index (χ3n) is 4.29. The number of rotatable bonds is 19. The predicted molar refractivity (Wildman–Crippen MR) is 125 cm³/mol. The fourth-order valence-corrected chi connectivity index (χ4v) is 3.54. The van der Waals surface area contributed by atoms with Crippen LogP contribution in [0.1, 0.15) is 99.3 Å². The van der Waals surface area contributed by atoms with Crippen molar-refractivity contribution in [1.29, 1.82) is 0 Å². The minimum absolute atomic E-state index is 0.884. The first-order chi connectivity index (χ1) is 14.4. The predicted octanol–water partition coefficient (Wildman–Crippen LogP) is 5.91. The summed E-state index contributed by atoms with van der Waals surface area (Å²) in [6.45, 7) is 12.3. The van der Waals surface area contributed by atoms with Gasteiger partial charge in [0.1, 0.15) is 0 Å². The Hall–Kier alpha value is -1.32. The van der Waals surface area contributed by atoms with E-state index >= 15 is 0 Å². The molecule has 3 N–H and O–H groups in total. The van der Waals surface area contributed by atoms with Crippen LogP contribution in [0.2, 0.25) is 0 Å². The van der Waals surface area contributed by atoms with E-state index in [4.69, 9.17) is 18.0 Å². The highest BCUT2D eigenvalue weighted by atomic mass is 28.4. The van der Waals surface area contributed by atoms with Crippen molar-refractivity contribution in [3.63, 3.8) is 0 Å². The molecule has 0 aromatic heterocycles. The lowest BCUT2D eigenvalue weighted by molar-refractivity contribution is -0.0825. The maximum absolute atomic E-state index is 5.80. The second-order valence-electron chi connectivity index (χ2n) is 7.40. The molecular formula is C22H45N3O4Si. The molecule has 0 spiro atoms. The highest BCUT2D eigenvalue weighted by molar-refractivity contribution is 6.53. The highest BCUT2D eigenvalue weighted by Crippen LogP contribution is 2.11. The lowest BCUT2D eigenvalue weighted by atomic mass is 10.2. The standard InChI is InChI=1S/C22H45N3O4Si/c1-8-11-14-17-20(4)23-27-30(26-7,28-24-21(5)18-15-12-9-2)29-25-22(6)19-16-13-10-3/h17-19,23-25H,8-16H2,1-7H3. The van der Waals surface area contributed by atoms with E-state index in [1.54, 1.807) is 0 Å². The number of unbranched alkanes of at least 4 members (excludes halogenated alkanes) is 6. The summed E-state index contributed by atoms with van der Waals surface area (Å²) in [4.78, 5) is 0. The molecule has 8 heteroatoms. The molecule has 0 atom stereocenters. The maximum atomic E-state index is 5.80. The third kappa shape index (κ3) is 14.6. The van der Waals surface area contributed by atoms with Gasteiger partial charge in [0.25, 0.3) is 0 Å². The molecule has 0 aromatic rings. The van der Waals surface area contributed by atoms with Gasteiger partial charge in [0.15, 0.2) is 0 Å². The van der Waals surface area contributed by atoms with Gasteiger partial charge in [-0.15, -0.1) is 0 Å². The molecule has 0 aromatic carbocycles. The van der Waals surface area contributed by atoms with Gasteiger partial charge in [0.2, 0.25) is 0 Å². The van der Waals surface area contributed by atoms with E-state index in [2.05, 4.69) is 55.4 Å². The van der Waals surface area contributed by atoms with Gasteiger partial charge in [-0.05, 0) is 40.0 Å². The molecule has 30 heavy (non-hydrogen) atoms. The zero-order valence-corrected chi connectivity index (χ0v) is 21.2. The molecule has 0 bridgehead atoms. The van der Waals surface area contributed by atoms with Crippen molar-refractivity contribution in [2.45, 2.75) is 99.3 Å². The fourth-order valence-electron chi connectivity index (χ4n) is 2.31. The third-order valence-corrected chi connectivity index (χ3v) is 5.84. The Bertz CT molecular complexity index is 455. The monoisotopic (exact) mass is 443 g/mol. The van der Waals surface area contributed by atoms with Crippen LogP contribution in [0.4, 0.5) is 0 Å². The van der Waals surface area contributed by atoms with Crippen molar-refractivity contribution in [3.05, 3.63) is 35.3 Å². The number of allylic oxidation sites excluding steroid dienone is 6. The first-order valence-corrected chi connectivity index (χ1v) is 12.9. The van der Waals surface area contributed by atoms with Gasteiger partial charge >= 0.3 is 9.05 Å². The van der Waals surface area contributed by atoms with Crippen LogP contribution >= 0.6 is 0 Å². The molecule has 0 heterocycles. The second kappa shape index (κ2) is 18.4. The Morgan fingerprint density at radius 3 is 1.17 bits per heavy atom. The van der Waals surface area contributed by atoms with Crippen LogP contribution in [0, 0.1) is 0 Å². The summed E-state index contributed by atoms with van der Waals surface area (Å²) in [7, 11) is -2.04. The van der Waals surface area contributed by atoms with Crippen LogP contribution in [0.15, 0.2) is 35.3 Å². The Balaban J connectivity index is 5.06. The zero-order valence-electron chi connectivity index (χ0n) is 20.2. The molecule has 0 aliphatic rings. The summed E-state index contributed by atoms with van der Waals surface area (Å²) in [6, 6.07) is 0. The Morgan fingerprint density at radius 2 is 0.933 bits per heavy atom. The van der Waals surface area contributed by atoms with Gasteiger partial charge in [0, 0.05) is 24.2 Å². The van der Waals surface area contributed by atoms with Crippen LogP contribution in [0.3, 0.4) is 0 Å². The van der Waals surface area contributed by atoms with Crippen LogP contribution in [0.5, 0.6) is 0 Å². The number of hydrogen-bond acceptors (Lipinski definition) is 7. The molecule has 0 amide bonds. The highest BCUT2D eigenvalue weighted by Gasteiger charge is 2.49. The normalized spacial score (nSPS) is 15.1. The Kier molecular flexibility index (Phi) is 17.6. The minimum Gasteiger partial charge on any atom is -0.351 e. The van der Waals surface area contributed by atoms with Crippen molar-refractivity contribution < 1.29 is 18.0 Å². The average Bonchev–Trinajstić information content (AvgIpc) is 2.74. The van der Waals surface area contributed by atoms with Gasteiger partial charge in [-0.2, -0.15) is 0 Å². The summed E-state index contributed by atoms with van der Waals surface area (Å²) in [5, 5.41) is 0. The summed E-state index contributed by atoms with van der Waals surface area (Å²) < 4.78 is 23.0. The van der Waals surface area contributed by atoms with Crippen LogP contribution in [-0.2, 0) is 18.0 Å². The minimum atomic E-state index is -3.56. The average molecular weight is 444 g/mol. The SMILES string of the molecule is CCCCC=C(C)NO[Si](OC)(ONC(C)=CCCCC)ONC(C)=CCCCC. The van der Waals surface area contributed by atoms with E-state index in [1.807, 2.05) is 20.8 Å². The second-order valence-corrected chi connectivity index (χ2v) is 9.43. The van der Waals surface area contributed by atoms with E-state index in [-0.39, 0.29) is 0 Å². The van der Waals surface area contributed by atoms with Gasteiger partial charge < -0.3 is 4.43 Å². The molecule has 176 valence electrons. The van der Waals surface area contributed by atoms with Gasteiger partial charge in [-0.25, -0.2) is 13.6 Å². The van der Waals surface area contributed by atoms with E-state index in [0.29, 0.717) is 0 Å². The number of hydroxylamine groups is 3. The molecule has 0 aliphatic heterocycles. The van der Waals surface area contributed by atoms with Crippen LogP contribution in [-0.4, -0.2) is 16.2 Å².